The zero-order chi connectivity index (χ0) is 21.2. The summed E-state index contributed by atoms with van der Waals surface area (Å²) in [5, 5.41) is 11.2. The third kappa shape index (κ3) is 4.57. The number of aliphatic hydroxyl groups is 1. The second kappa shape index (κ2) is 8.47. The van der Waals surface area contributed by atoms with Crippen LogP contribution in [0.25, 0.3) is 11.5 Å². The lowest BCUT2D eigenvalue weighted by Crippen LogP contribution is -2.45. The number of ether oxygens (including phenoxy) is 1. The lowest BCUT2D eigenvalue weighted by molar-refractivity contribution is -0.162. The van der Waals surface area contributed by atoms with E-state index in [0.29, 0.717) is 17.2 Å². The molecule has 0 bridgehead atoms. The van der Waals surface area contributed by atoms with Gasteiger partial charge in [-0.2, -0.15) is 0 Å². The third-order valence-electron chi connectivity index (χ3n) is 4.57. The van der Waals surface area contributed by atoms with Crippen LogP contribution in [0.15, 0.2) is 53.1 Å². The number of methoxy groups -OCH3 is 1. The first-order chi connectivity index (χ1) is 13.7. The number of alkyl halides is 1. The largest absolute Gasteiger partial charge is 0.467 e. The van der Waals surface area contributed by atoms with Crippen LogP contribution >= 0.6 is 15.9 Å². The predicted octanol–water partition coefficient (Wildman–Crippen LogP) is 4.68. The molecular formula is C22H21BrFNO4. The molecule has 0 aliphatic heterocycles. The number of carbonyl (C=O) groups is 1. The molecule has 0 fully saturated rings. The molecular weight excluding hydrogens is 441 g/mol. The molecule has 2 unspecified atom stereocenters. The van der Waals surface area contributed by atoms with Crippen LogP contribution in [0.2, 0.25) is 0 Å². The van der Waals surface area contributed by atoms with Crippen molar-refractivity contribution in [2.45, 2.75) is 30.7 Å². The van der Waals surface area contributed by atoms with Gasteiger partial charge in [-0.1, -0.05) is 45.3 Å². The smallest absolute Gasteiger partial charge is 0.339 e. The number of halogens is 2. The van der Waals surface area contributed by atoms with E-state index in [2.05, 4.69) is 20.9 Å². The molecule has 3 rings (SSSR count). The van der Waals surface area contributed by atoms with Crippen molar-refractivity contribution in [1.82, 2.24) is 4.98 Å². The van der Waals surface area contributed by atoms with E-state index in [9.17, 15) is 14.3 Å². The highest BCUT2D eigenvalue weighted by molar-refractivity contribution is 9.09. The molecule has 7 heteroatoms. The molecule has 2 atom stereocenters. The van der Waals surface area contributed by atoms with Crippen LogP contribution in [0.4, 0.5) is 4.39 Å². The number of nitrogens with zero attached hydrogens (tertiary/aromatic N) is 1. The van der Waals surface area contributed by atoms with E-state index in [1.165, 1.54) is 31.5 Å². The molecule has 0 saturated heterocycles. The highest BCUT2D eigenvalue weighted by atomic mass is 79.9. The van der Waals surface area contributed by atoms with Crippen LogP contribution in [0.5, 0.6) is 0 Å². The van der Waals surface area contributed by atoms with Gasteiger partial charge in [0.2, 0.25) is 5.89 Å². The van der Waals surface area contributed by atoms with E-state index in [4.69, 9.17) is 9.15 Å². The molecule has 3 aromatic rings. The van der Waals surface area contributed by atoms with Crippen LogP contribution in [0.1, 0.15) is 27.3 Å². The van der Waals surface area contributed by atoms with Gasteiger partial charge < -0.3 is 14.3 Å². The Balaban J connectivity index is 1.93. The van der Waals surface area contributed by atoms with Gasteiger partial charge in [0.15, 0.2) is 5.60 Å². The lowest BCUT2D eigenvalue weighted by atomic mass is 9.90. The third-order valence-corrected chi connectivity index (χ3v) is 5.85. The SMILES string of the molecule is COC(=O)C(O)(Cc1cnc(-c2cc(C)cc(C)c2)o1)C(Br)c1cccc(F)c1. The van der Waals surface area contributed by atoms with Gasteiger partial charge in [-0.05, 0) is 43.7 Å². The highest BCUT2D eigenvalue weighted by Gasteiger charge is 2.46. The topological polar surface area (TPSA) is 72.6 Å². The van der Waals surface area contributed by atoms with Crippen molar-refractivity contribution in [2.24, 2.45) is 0 Å². The molecule has 0 aliphatic carbocycles. The summed E-state index contributed by atoms with van der Waals surface area (Å²) < 4.78 is 24.2. The Bertz CT molecular complexity index is 1010. The summed E-state index contributed by atoms with van der Waals surface area (Å²) in [4.78, 5) is 15.8. The molecule has 5 nitrogen and oxygen atoms in total. The maximum atomic E-state index is 13.6. The first-order valence-electron chi connectivity index (χ1n) is 8.96. The second-order valence-corrected chi connectivity index (χ2v) is 7.93. The first kappa shape index (κ1) is 21.2. The fourth-order valence-corrected chi connectivity index (χ4v) is 3.90. The Morgan fingerprint density at radius 2 is 1.97 bits per heavy atom. The molecule has 29 heavy (non-hydrogen) atoms. The molecule has 1 aromatic heterocycles. The molecule has 1 N–H and O–H groups in total. The normalized spacial score (nSPS) is 14.3. The summed E-state index contributed by atoms with van der Waals surface area (Å²) in [6.07, 6.45) is 1.26. The summed E-state index contributed by atoms with van der Waals surface area (Å²) in [6.45, 7) is 3.95. The Kier molecular flexibility index (Phi) is 6.19. The number of carbonyl (C=O) groups excluding carboxylic acids is 1. The van der Waals surface area contributed by atoms with Crippen molar-refractivity contribution in [3.63, 3.8) is 0 Å². The Hall–Kier alpha value is -2.51. The molecule has 0 spiro atoms. The van der Waals surface area contributed by atoms with Gasteiger partial charge in [-0.25, -0.2) is 14.2 Å². The molecule has 2 aromatic carbocycles. The summed E-state index contributed by atoms with van der Waals surface area (Å²) in [6, 6.07) is 11.6. The predicted molar refractivity (Wildman–Crippen MR) is 110 cm³/mol. The van der Waals surface area contributed by atoms with Crippen LogP contribution in [-0.2, 0) is 16.0 Å². The van der Waals surface area contributed by atoms with Crippen LogP contribution in [0.3, 0.4) is 0 Å². The quantitative estimate of drug-likeness (QED) is 0.426. The van der Waals surface area contributed by atoms with E-state index < -0.39 is 22.2 Å². The van der Waals surface area contributed by atoms with Gasteiger partial charge in [0, 0.05) is 12.0 Å². The van der Waals surface area contributed by atoms with Gasteiger partial charge in [-0.15, -0.1) is 0 Å². The van der Waals surface area contributed by atoms with Gasteiger partial charge >= 0.3 is 5.97 Å². The number of aryl methyl sites for hydroxylation is 2. The number of aromatic nitrogens is 1. The van der Waals surface area contributed by atoms with Crippen molar-refractivity contribution in [3.05, 3.63) is 76.9 Å². The van der Waals surface area contributed by atoms with Crippen molar-refractivity contribution in [1.29, 1.82) is 0 Å². The fraction of sp³-hybridized carbons (Fsp3) is 0.273. The second-order valence-electron chi connectivity index (χ2n) is 7.02. The summed E-state index contributed by atoms with van der Waals surface area (Å²) in [7, 11) is 1.18. The van der Waals surface area contributed by atoms with Crippen molar-refractivity contribution in [2.75, 3.05) is 7.11 Å². The number of hydrogen-bond donors (Lipinski definition) is 1. The summed E-state index contributed by atoms with van der Waals surface area (Å²) >= 11 is 3.33. The van der Waals surface area contributed by atoms with E-state index in [1.807, 2.05) is 32.0 Å². The van der Waals surface area contributed by atoms with Gasteiger partial charge in [0.25, 0.3) is 0 Å². The van der Waals surface area contributed by atoms with E-state index in [-0.39, 0.29) is 6.42 Å². The molecule has 0 saturated carbocycles. The van der Waals surface area contributed by atoms with Crippen molar-refractivity contribution in [3.8, 4) is 11.5 Å². The monoisotopic (exact) mass is 461 g/mol. The first-order valence-corrected chi connectivity index (χ1v) is 9.88. The Morgan fingerprint density at radius 3 is 2.59 bits per heavy atom. The Labute approximate surface area is 176 Å². The average molecular weight is 462 g/mol. The fourth-order valence-electron chi connectivity index (χ4n) is 3.27. The number of oxazole rings is 1. The van der Waals surface area contributed by atoms with Crippen LogP contribution < -0.4 is 0 Å². The minimum Gasteiger partial charge on any atom is -0.467 e. The number of rotatable bonds is 6. The zero-order valence-corrected chi connectivity index (χ0v) is 17.9. The molecule has 0 radical (unpaired) electrons. The minimum absolute atomic E-state index is 0.204. The maximum absolute atomic E-state index is 13.6. The van der Waals surface area contributed by atoms with Crippen LogP contribution in [0, 0.1) is 19.7 Å². The van der Waals surface area contributed by atoms with Crippen molar-refractivity contribution < 1.29 is 23.4 Å². The molecule has 152 valence electrons. The Morgan fingerprint density at radius 1 is 1.28 bits per heavy atom. The molecule has 0 amide bonds. The van der Waals surface area contributed by atoms with Gasteiger partial charge in [-0.3, -0.25) is 0 Å². The van der Waals surface area contributed by atoms with Crippen LogP contribution in [-0.4, -0.2) is 28.8 Å². The van der Waals surface area contributed by atoms with E-state index in [1.54, 1.807) is 6.07 Å². The summed E-state index contributed by atoms with van der Waals surface area (Å²) in [5.41, 5.74) is 1.31. The summed E-state index contributed by atoms with van der Waals surface area (Å²) in [5.74, 6) is -0.660. The van der Waals surface area contributed by atoms with E-state index >= 15 is 0 Å². The number of benzene rings is 2. The zero-order valence-electron chi connectivity index (χ0n) is 16.3. The molecule has 0 aliphatic rings. The lowest BCUT2D eigenvalue weighted by Gasteiger charge is -2.29. The van der Waals surface area contributed by atoms with E-state index in [0.717, 1.165) is 16.7 Å². The number of esters is 1. The number of hydrogen-bond acceptors (Lipinski definition) is 5. The molecule has 1 heterocycles. The van der Waals surface area contributed by atoms with Gasteiger partial charge in [0.05, 0.1) is 18.1 Å². The standard InChI is InChI=1S/C22H21BrFNO4/c1-13-7-14(2)9-16(8-13)20-25-12-18(29-20)11-22(27,21(26)28-3)19(23)15-5-4-6-17(24)10-15/h4-10,12,19,27H,11H2,1-3H3. The van der Waals surface area contributed by atoms with Crippen molar-refractivity contribution >= 4 is 21.9 Å². The average Bonchev–Trinajstić information content (AvgIpc) is 3.14. The maximum Gasteiger partial charge on any atom is 0.339 e. The van der Waals surface area contributed by atoms with Gasteiger partial charge in [0.1, 0.15) is 11.6 Å². The highest BCUT2D eigenvalue weighted by Crippen LogP contribution is 2.38. The minimum atomic E-state index is -2.03.